The molecule has 1 aliphatic rings. The molecule has 0 aromatic heterocycles. The molecule has 0 bridgehead atoms. The van der Waals surface area contributed by atoms with Crippen LogP contribution in [0, 0.1) is 10.1 Å². The zero-order chi connectivity index (χ0) is 14.4. The molecule has 0 atom stereocenters. The summed E-state index contributed by atoms with van der Waals surface area (Å²) >= 11 is 0. The maximum atomic E-state index is 12.0. The Morgan fingerprint density at radius 2 is 2.05 bits per heavy atom. The number of nitrogens with zero attached hydrogens (tertiary/aromatic N) is 2. The second kappa shape index (κ2) is 6.97. The molecular formula is C13H18N4O3. The molecule has 0 unspecified atom stereocenters. The molecule has 108 valence electrons. The van der Waals surface area contributed by atoms with E-state index in [1.807, 2.05) is 0 Å². The first-order valence-electron chi connectivity index (χ1n) is 6.63. The number of hydrogen-bond acceptors (Lipinski definition) is 5. The predicted octanol–water partition coefficient (Wildman–Crippen LogP) is 0.230. The van der Waals surface area contributed by atoms with Gasteiger partial charge in [0.15, 0.2) is 0 Å². The van der Waals surface area contributed by atoms with Gasteiger partial charge in [0, 0.05) is 45.3 Å². The fraction of sp³-hybridized carbons (Fsp3) is 0.462. The molecule has 0 radical (unpaired) electrons. The molecule has 0 saturated carbocycles. The number of carbonyl (C=O) groups is 1. The topological polar surface area (TPSA) is 87.5 Å². The van der Waals surface area contributed by atoms with Crippen LogP contribution in [0.4, 0.5) is 5.69 Å². The summed E-state index contributed by atoms with van der Waals surface area (Å²) in [5.74, 6) is -0.396. The van der Waals surface area contributed by atoms with Gasteiger partial charge >= 0.3 is 0 Å². The van der Waals surface area contributed by atoms with Crippen molar-refractivity contribution in [1.29, 1.82) is 0 Å². The van der Waals surface area contributed by atoms with Crippen LogP contribution in [0.1, 0.15) is 10.4 Å². The third-order valence-corrected chi connectivity index (χ3v) is 3.27. The van der Waals surface area contributed by atoms with E-state index in [1.165, 1.54) is 12.1 Å². The van der Waals surface area contributed by atoms with E-state index in [2.05, 4.69) is 15.5 Å². The lowest BCUT2D eigenvalue weighted by molar-refractivity contribution is -0.385. The fourth-order valence-electron chi connectivity index (χ4n) is 2.18. The first-order valence-corrected chi connectivity index (χ1v) is 6.63. The highest BCUT2D eigenvalue weighted by Crippen LogP contribution is 2.17. The number of piperazine rings is 1. The number of carbonyl (C=O) groups excluding carboxylic acids is 1. The van der Waals surface area contributed by atoms with E-state index in [4.69, 9.17) is 0 Å². The quantitative estimate of drug-likeness (QED) is 0.594. The summed E-state index contributed by atoms with van der Waals surface area (Å²) in [5.41, 5.74) is -0.0509. The van der Waals surface area contributed by atoms with Crippen molar-refractivity contribution in [3.8, 4) is 0 Å². The van der Waals surface area contributed by atoms with E-state index in [1.54, 1.807) is 12.1 Å². The van der Waals surface area contributed by atoms with Crippen LogP contribution in [-0.4, -0.2) is 55.0 Å². The lowest BCUT2D eigenvalue weighted by Gasteiger charge is -2.27. The van der Waals surface area contributed by atoms with Crippen LogP contribution in [0.2, 0.25) is 0 Å². The minimum Gasteiger partial charge on any atom is -0.351 e. The molecular weight excluding hydrogens is 260 g/mol. The Hall–Kier alpha value is -1.99. The molecule has 1 aromatic rings. The molecule has 1 heterocycles. The summed E-state index contributed by atoms with van der Waals surface area (Å²) < 4.78 is 0. The number of nitro groups is 1. The summed E-state index contributed by atoms with van der Waals surface area (Å²) in [5, 5.41) is 16.8. The maximum Gasteiger partial charge on any atom is 0.282 e. The van der Waals surface area contributed by atoms with Crippen molar-refractivity contribution >= 4 is 11.6 Å². The Kier molecular flexibility index (Phi) is 5.03. The fourth-order valence-corrected chi connectivity index (χ4v) is 2.18. The molecule has 1 aromatic carbocycles. The van der Waals surface area contributed by atoms with Gasteiger partial charge in [-0.05, 0) is 6.07 Å². The summed E-state index contributed by atoms with van der Waals surface area (Å²) in [6.45, 7) is 5.08. The van der Waals surface area contributed by atoms with E-state index in [9.17, 15) is 14.9 Å². The number of para-hydroxylation sites is 1. The number of rotatable bonds is 5. The summed E-state index contributed by atoms with van der Waals surface area (Å²) in [4.78, 5) is 24.5. The molecule has 0 spiro atoms. The van der Waals surface area contributed by atoms with Gasteiger partial charge in [-0.2, -0.15) is 0 Å². The standard InChI is InChI=1S/C13H18N4O3/c18-13(11-3-1-2-4-12(11)17(19)20)15-7-10-16-8-5-14-6-9-16/h1-4,14H,5-10H2,(H,15,18). The summed E-state index contributed by atoms with van der Waals surface area (Å²) in [7, 11) is 0. The van der Waals surface area contributed by atoms with Crippen molar-refractivity contribution in [3.05, 3.63) is 39.9 Å². The Morgan fingerprint density at radius 1 is 1.35 bits per heavy atom. The number of nitrogens with one attached hydrogen (secondary N) is 2. The van der Waals surface area contributed by atoms with Crippen molar-refractivity contribution in [2.24, 2.45) is 0 Å². The van der Waals surface area contributed by atoms with Gasteiger partial charge < -0.3 is 10.6 Å². The van der Waals surface area contributed by atoms with Gasteiger partial charge in [0.2, 0.25) is 0 Å². The largest absolute Gasteiger partial charge is 0.351 e. The van der Waals surface area contributed by atoms with Gasteiger partial charge in [-0.1, -0.05) is 12.1 Å². The molecule has 2 rings (SSSR count). The van der Waals surface area contributed by atoms with Gasteiger partial charge in [-0.25, -0.2) is 0 Å². The first-order chi connectivity index (χ1) is 9.68. The number of amides is 1. The van der Waals surface area contributed by atoms with Gasteiger partial charge in [0.1, 0.15) is 5.56 Å². The van der Waals surface area contributed by atoms with E-state index in [-0.39, 0.29) is 11.3 Å². The van der Waals surface area contributed by atoms with Gasteiger partial charge in [0.25, 0.3) is 11.6 Å². The molecule has 0 aliphatic carbocycles. The van der Waals surface area contributed by atoms with E-state index >= 15 is 0 Å². The zero-order valence-corrected chi connectivity index (χ0v) is 11.2. The minimum atomic E-state index is -0.536. The third kappa shape index (κ3) is 3.75. The Bertz CT molecular complexity index is 486. The summed E-state index contributed by atoms with van der Waals surface area (Å²) in [6.07, 6.45) is 0. The van der Waals surface area contributed by atoms with Crippen LogP contribution < -0.4 is 10.6 Å². The monoisotopic (exact) mass is 278 g/mol. The average molecular weight is 278 g/mol. The molecule has 1 saturated heterocycles. The van der Waals surface area contributed by atoms with Crippen LogP contribution in [-0.2, 0) is 0 Å². The van der Waals surface area contributed by atoms with Gasteiger partial charge in [-0.3, -0.25) is 19.8 Å². The van der Waals surface area contributed by atoms with Crippen LogP contribution in [0.5, 0.6) is 0 Å². The minimum absolute atomic E-state index is 0.109. The number of benzene rings is 1. The second-order valence-electron chi connectivity index (χ2n) is 4.62. The van der Waals surface area contributed by atoms with Crippen molar-refractivity contribution < 1.29 is 9.72 Å². The predicted molar refractivity (Wildman–Crippen MR) is 74.7 cm³/mol. The Balaban J connectivity index is 1.87. The molecule has 1 amide bonds. The Morgan fingerprint density at radius 3 is 2.75 bits per heavy atom. The zero-order valence-electron chi connectivity index (χ0n) is 11.2. The molecule has 1 fully saturated rings. The van der Waals surface area contributed by atoms with Crippen molar-refractivity contribution in [3.63, 3.8) is 0 Å². The van der Waals surface area contributed by atoms with Gasteiger partial charge in [-0.15, -0.1) is 0 Å². The van der Waals surface area contributed by atoms with Crippen molar-refractivity contribution in [1.82, 2.24) is 15.5 Å². The maximum absolute atomic E-state index is 12.0. The molecule has 20 heavy (non-hydrogen) atoms. The normalized spacial score (nSPS) is 15.8. The number of hydrogen-bond donors (Lipinski definition) is 2. The first kappa shape index (κ1) is 14.4. The molecule has 7 heteroatoms. The highest BCUT2D eigenvalue weighted by molar-refractivity contribution is 5.98. The SMILES string of the molecule is O=C(NCCN1CCNCC1)c1ccccc1[N+](=O)[O-]. The van der Waals surface area contributed by atoms with Crippen molar-refractivity contribution in [2.75, 3.05) is 39.3 Å². The van der Waals surface area contributed by atoms with Crippen LogP contribution >= 0.6 is 0 Å². The van der Waals surface area contributed by atoms with Crippen LogP contribution in [0.25, 0.3) is 0 Å². The lowest BCUT2D eigenvalue weighted by Crippen LogP contribution is -2.46. The van der Waals surface area contributed by atoms with E-state index < -0.39 is 10.8 Å². The molecule has 2 N–H and O–H groups in total. The van der Waals surface area contributed by atoms with Crippen LogP contribution in [0.3, 0.4) is 0 Å². The van der Waals surface area contributed by atoms with Gasteiger partial charge in [0.05, 0.1) is 4.92 Å². The van der Waals surface area contributed by atoms with E-state index in [0.717, 1.165) is 32.7 Å². The Labute approximate surface area is 117 Å². The highest BCUT2D eigenvalue weighted by Gasteiger charge is 2.19. The van der Waals surface area contributed by atoms with Crippen LogP contribution in [0.15, 0.2) is 24.3 Å². The smallest absolute Gasteiger partial charge is 0.282 e. The summed E-state index contributed by atoms with van der Waals surface area (Å²) in [6, 6.07) is 5.98. The third-order valence-electron chi connectivity index (χ3n) is 3.27. The highest BCUT2D eigenvalue weighted by atomic mass is 16.6. The number of nitro benzene ring substituents is 1. The molecule has 1 aliphatic heterocycles. The van der Waals surface area contributed by atoms with E-state index in [0.29, 0.717) is 6.54 Å². The van der Waals surface area contributed by atoms with Crippen molar-refractivity contribution in [2.45, 2.75) is 0 Å². The average Bonchev–Trinajstić information content (AvgIpc) is 2.48. The second-order valence-corrected chi connectivity index (χ2v) is 4.62. The lowest BCUT2D eigenvalue weighted by atomic mass is 10.1. The molecule has 7 nitrogen and oxygen atoms in total.